The number of hydrogen-bond donors (Lipinski definition) is 1. The molecule has 0 saturated heterocycles. The van der Waals surface area contributed by atoms with Crippen molar-refractivity contribution in [3.8, 4) is 0 Å². The first-order chi connectivity index (χ1) is 8.86. The summed E-state index contributed by atoms with van der Waals surface area (Å²) in [6, 6.07) is 2.91. The van der Waals surface area contributed by atoms with E-state index in [2.05, 4.69) is 5.32 Å². The van der Waals surface area contributed by atoms with Crippen LogP contribution in [0.3, 0.4) is 0 Å². The van der Waals surface area contributed by atoms with Crippen LogP contribution in [-0.2, 0) is 9.53 Å². The van der Waals surface area contributed by atoms with Crippen LogP contribution in [0.5, 0.6) is 0 Å². The smallest absolute Gasteiger partial charge is 0.323 e. The van der Waals surface area contributed by atoms with Crippen molar-refractivity contribution in [2.45, 2.75) is 32.9 Å². The van der Waals surface area contributed by atoms with Gasteiger partial charge in [0.1, 0.15) is 6.04 Å². The molecule has 1 unspecified atom stereocenters. The minimum Gasteiger partial charge on any atom is -0.468 e. The summed E-state index contributed by atoms with van der Waals surface area (Å²) in [5, 5.41) is 3.07. The lowest BCUT2D eigenvalue weighted by Gasteiger charge is -2.24. The van der Waals surface area contributed by atoms with Crippen LogP contribution in [0.25, 0.3) is 0 Å². The Balaban J connectivity index is 2.84. The molecule has 3 nitrogen and oxygen atoms in total. The second-order valence-corrected chi connectivity index (χ2v) is 4.81. The highest BCUT2D eigenvalue weighted by Gasteiger charge is 2.25. The van der Waals surface area contributed by atoms with E-state index in [1.807, 2.05) is 13.8 Å². The molecule has 0 saturated carbocycles. The van der Waals surface area contributed by atoms with Crippen LogP contribution in [-0.4, -0.2) is 19.1 Å². The Morgan fingerprint density at radius 3 is 2.32 bits per heavy atom. The van der Waals surface area contributed by atoms with Crippen LogP contribution in [0.15, 0.2) is 18.2 Å². The first kappa shape index (κ1) is 15.6. The van der Waals surface area contributed by atoms with Gasteiger partial charge in [0.25, 0.3) is 0 Å². The number of carbonyl (C=O) groups is 1. The first-order valence-electron chi connectivity index (χ1n) is 6.15. The van der Waals surface area contributed by atoms with Gasteiger partial charge in [0.05, 0.1) is 7.11 Å². The Hall–Kier alpha value is -1.49. The number of rotatable bonds is 5. The first-order valence-corrected chi connectivity index (χ1v) is 6.15. The number of benzene rings is 1. The molecule has 106 valence electrons. The maximum absolute atomic E-state index is 13.2. The Bertz CT molecular complexity index is 449. The van der Waals surface area contributed by atoms with Gasteiger partial charge in [-0.1, -0.05) is 19.9 Å². The van der Waals surface area contributed by atoms with E-state index in [1.165, 1.54) is 13.2 Å². The van der Waals surface area contributed by atoms with Crippen molar-refractivity contribution in [3.05, 3.63) is 35.4 Å². The van der Waals surface area contributed by atoms with Crippen molar-refractivity contribution in [1.29, 1.82) is 0 Å². The van der Waals surface area contributed by atoms with Gasteiger partial charge in [0.2, 0.25) is 0 Å². The van der Waals surface area contributed by atoms with Gasteiger partial charge < -0.3 is 4.74 Å². The highest BCUT2D eigenvalue weighted by Crippen LogP contribution is 2.18. The van der Waals surface area contributed by atoms with Crippen LogP contribution in [0, 0.1) is 17.6 Å². The number of methoxy groups -OCH3 is 1. The number of nitrogens with one attached hydrogen (secondary N) is 1. The van der Waals surface area contributed by atoms with E-state index in [-0.39, 0.29) is 17.9 Å². The molecule has 0 aliphatic rings. The highest BCUT2D eigenvalue weighted by molar-refractivity contribution is 5.76. The van der Waals surface area contributed by atoms with E-state index in [0.29, 0.717) is 5.56 Å². The summed E-state index contributed by atoms with van der Waals surface area (Å²) < 4.78 is 30.7. The molecule has 0 fully saturated rings. The normalized spacial score (nSPS) is 14.3. The Morgan fingerprint density at radius 1 is 1.21 bits per heavy atom. The average Bonchev–Trinajstić information content (AvgIpc) is 2.37. The number of esters is 1. The van der Waals surface area contributed by atoms with E-state index in [0.717, 1.165) is 12.1 Å². The fraction of sp³-hybridized carbons (Fsp3) is 0.500. The third-order valence-electron chi connectivity index (χ3n) is 3.00. The zero-order valence-electron chi connectivity index (χ0n) is 11.5. The molecule has 0 aromatic heterocycles. The number of carbonyl (C=O) groups excluding carboxylic acids is 1. The third-order valence-corrected chi connectivity index (χ3v) is 3.00. The van der Waals surface area contributed by atoms with Crippen molar-refractivity contribution < 1.29 is 18.3 Å². The summed E-state index contributed by atoms with van der Waals surface area (Å²) >= 11 is 0. The van der Waals surface area contributed by atoms with E-state index in [9.17, 15) is 13.6 Å². The Morgan fingerprint density at radius 2 is 1.84 bits per heavy atom. The molecule has 0 bridgehead atoms. The summed E-state index contributed by atoms with van der Waals surface area (Å²) in [7, 11) is 1.32. The average molecular weight is 271 g/mol. The predicted molar refractivity (Wildman–Crippen MR) is 68.6 cm³/mol. The SMILES string of the molecule is COC(=O)[C@@H](NC(C)c1ccc(F)c(F)c1)C(C)C. The van der Waals surface area contributed by atoms with E-state index in [4.69, 9.17) is 4.74 Å². The highest BCUT2D eigenvalue weighted by atomic mass is 19.2. The van der Waals surface area contributed by atoms with Gasteiger partial charge in [0.15, 0.2) is 11.6 Å². The van der Waals surface area contributed by atoms with E-state index < -0.39 is 17.7 Å². The number of halogens is 2. The summed E-state index contributed by atoms with van der Waals surface area (Å²) in [6.07, 6.45) is 0. The maximum atomic E-state index is 13.2. The van der Waals surface area contributed by atoms with Crippen LogP contribution >= 0.6 is 0 Å². The van der Waals surface area contributed by atoms with Gasteiger partial charge in [-0.3, -0.25) is 10.1 Å². The number of ether oxygens (including phenoxy) is 1. The molecule has 0 aliphatic carbocycles. The topological polar surface area (TPSA) is 38.3 Å². The maximum Gasteiger partial charge on any atom is 0.323 e. The molecular formula is C14H19F2NO2. The Kier molecular flexibility index (Phi) is 5.42. The largest absolute Gasteiger partial charge is 0.468 e. The second-order valence-electron chi connectivity index (χ2n) is 4.81. The van der Waals surface area contributed by atoms with Crippen LogP contribution in [0.1, 0.15) is 32.4 Å². The van der Waals surface area contributed by atoms with E-state index >= 15 is 0 Å². The monoisotopic (exact) mass is 271 g/mol. The summed E-state index contributed by atoms with van der Waals surface area (Å²) in [5.74, 6) is -2.13. The predicted octanol–water partition coefficient (Wildman–Crippen LogP) is 2.81. The molecule has 0 spiro atoms. The molecule has 0 aliphatic heterocycles. The molecule has 0 radical (unpaired) electrons. The summed E-state index contributed by atoms with van der Waals surface area (Å²) in [6.45, 7) is 5.55. The fourth-order valence-corrected chi connectivity index (χ4v) is 1.81. The molecule has 2 atom stereocenters. The van der Waals surface area contributed by atoms with Gasteiger partial charge in [-0.25, -0.2) is 8.78 Å². The molecule has 19 heavy (non-hydrogen) atoms. The quantitative estimate of drug-likeness (QED) is 0.837. The van der Waals surface area contributed by atoms with Gasteiger partial charge in [-0.2, -0.15) is 0 Å². The standard InChI is InChI=1S/C14H19F2NO2/c1-8(2)13(14(18)19-4)17-9(3)10-5-6-11(15)12(16)7-10/h5-9,13,17H,1-4H3/t9?,13-/m0/s1. The molecule has 0 amide bonds. The van der Waals surface area contributed by atoms with Crippen molar-refractivity contribution >= 4 is 5.97 Å². The van der Waals surface area contributed by atoms with E-state index in [1.54, 1.807) is 6.92 Å². The zero-order valence-corrected chi connectivity index (χ0v) is 11.5. The van der Waals surface area contributed by atoms with Crippen LogP contribution in [0.4, 0.5) is 8.78 Å². The molecule has 1 N–H and O–H groups in total. The lowest BCUT2D eigenvalue weighted by molar-refractivity contribution is -0.144. The Labute approximate surface area is 112 Å². The van der Waals surface area contributed by atoms with Crippen molar-refractivity contribution in [2.24, 2.45) is 5.92 Å². The molecule has 0 heterocycles. The summed E-state index contributed by atoms with van der Waals surface area (Å²) in [5.41, 5.74) is 0.577. The van der Waals surface area contributed by atoms with Crippen molar-refractivity contribution in [3.63, 3.8) is 0 Å². The molecular weight excluding hydrogens is 252 g/mol. The molecule has 1 aromatic rings. The van der Waals surface area contributed by atoms with Crippen molar-refractivity contribution in [1.82, 2.24) is 5.32 Å². The van der Waals surface area contributed by atoms with Crippen molar-refractivity contribution in [2.75, 3.05) is 7.11 Å². The fourth-order valence-electron chi connectivity index (χ4n) is 1.81. The minimum atomic E-state index is -0.898. The number of hydrogen-bond acceptors (Lipinski definition) is 3. The zero-order chi connectivity index (χ0) is 14.6. The molecule has 1 aromatic carbocycles. The molecule has 1 rings (SSSR count). The van der Waals surface area contributed by atoms with Crippen LogP contribution in [0.2, 0.25) is 0 Å². The third kappa shape index (κ3) is 3.99. The lowest BCUT2D eigenvalue weighted by Crippen LogP contribution is -2.43. The minimum absolute atomic E-state index is 0.0280. The molecule has 5 heteroatoms. The lowest BCUT2D eigenvalue weighted by atomic mass is 10.0. The van der Waals surface area contributed by atoms with Gasteiger partial charge in [-0.15, -0.1) is 0 Å². The van der Waals surface area contributed by atoms with Gasteiger partial charge >= 0.3 is 5.97 Å². The van der Waals surface area contributed by atoms with Gasteiger partial charge in [-0.05, 0) is 30.5 Å². The van der Waals surface area contributed by atoms with Gasteiger partial charge in [0, 0.05) is 6.04 Å². The van der Waals surface area contributed by atoms with Crippen LogP contribution < -0.4 is 5.32 Å². The summed E-state index contributed by atoms with van der Waals surface area (Å²) in [4.78, 5) is 11.6. The second kappa shape index (κ2) is 6.61.